The lowest BCUT2D eigenvalue weighted by molar-refractivity contribution is -0.273. The Balaban J connectivity index is 1.26. The summed E-state index contributed by atoms with van der Waals surface area (Å²) in [5.41, 5.74) is -1.71. The number of fused-ring (bicyclic) bond motifs is 7. The van der Waals surface area contributed by atoms with Crippen LogP contribution in [-0.4, -0.2) is 47.1 Å². The van der Waals surface area contributed by atoms with Crippen LogP contribution in [0.4, 0.5) is 0 Å². The van der Waals surface area contributed by atoms with Crippen LogP contribution in [0, 0.1) is 46.3 Å². The maximum atomic E-state index is 13.7. The van der Waals surface area contributed by atoms with Crippen molar-refractivity contribution < 1.29 is 28.9 Å². The predicted octanol–water partition coefficient (Wildman–Crippen LogP) is 4.66. The summed E-state index contributed by atoms with van der Waals surface area (Å²) in [4.78, 5) is 25.2. The van der Waals surface area contributed by atoms with Crippen LogP contribution in [0.15, 0.2) is 0 Å². The summed E-state index contributed by atoms with van der Waals surface area (Å²) in [6.45, 7) is 11.4. The van der Waals surface area contributed by atoms with Crippen molar-refractivity contribution >= 4 is 11.8 Å². The molecule has 6 heteroatoms. The first-order valence-electron chi connectivity index (χ1n) is 14.2. The van der Waals surface area contributed by atoms with Crippen molar-refractivity contribution in [3.63, 3.8) is 0 Å². The molecule has 6 nitrogen and oxygen atoms in total. The summed E-state index contributed by atoms with van der Waals surface area (Å²) in [6, 6.07) is 0. The minimum absolute atomic E-state index is 0.0329. The van der Waals surface area contributed by atoms with Crippen LogP contribution in [0.25, 0.3) is 0 Å². The quantitative estimate of drug-likeness (QED) is 0.541. The summed E-state index contributed by atoms with van der Waals surface area (Å²) in [5.74, 6) is 1.68. The average Bonchev–Trinajstić information content (AvgIpc) is 3.23. The van der Waals surface area contributed by atoms with E-state index in [0.29, 0.717) is 41.9 Å². The molecule has 2 aliphatic heterocycles. The van der Waals surface area contributed by atoms with Gasteiger partial charge in [-0.2, -0.15) is 0 Å². The Labute approximate surface area is 209 Å². The molecule has 12 atom stereocenters. The first-order chi connectivity index (χ1) is 16.4. The third kappa shape index (κ3) is 3.18. The van der Waals surface area contributed by atoms with Gasteiger partial charge in [-0.3, -0.25) is 9.59 Å². The Morgan fingerprint density at radius 1 is 1.09 bits per heavy atom. The third-order valence-corrected chi connectivity index (χ3v) is 12.2. The van der Waals surface area contributed by atoms with Crippen LogP contribution >= 0.6 is 0 Å². The summed E-state index contributed by atoms with van der Waals surface area (Å²) < 4.78 is 18.7. The molecule has 196 valence electrons. The van der Waals surface area contributed by atoms with Gasteiger partial charge in [0.15, 0.2) is 11.6 Å². The summed E-state index contributed by atoms with van der Waals surface area (Å²) in [5, 5.41) is 11.9. The fourth-order valence-electron chi connectivity index (χ4n) is 10.4. The van der Waals surface area contributed by atoms with Crippen LogP contribution in [0.1, 0.15) is 92.4 Å². The molecule has 6 aliphatic rings. The maximum Gasteiger partial charge on any atom is 0.302 e. The van der Waals surface area contributed by atoms with E-state index in [1.54, 1.807) is 0 Å². The molecule has 35 heavy (non-hydrogen) atoms. The van der Waals surface area contributed by atoms with Crippen molar-refractivity contribution in [3.05, 3.63) is 0 Å². The zero-order valence-electron chi connectivity index (χ0n) is 22.2. The molecule has 6 rings (SSSR count). The maximum absolute atomic E-state index is 13.7. The van der Waals surface area contributed by atoms with Gasteiger partial charge in [0.05, 0.1) is 12.7 Å². The van der Waals surface area contributed by atoms with Gasteiger partial charge in [-0.25, -0.2) is 0 Å². The van der Waals surface area contributed by atoms with Gasteiger partial charge in [-0.15, -0.1) is 0 Å². The molecule has 1 spiro atoms. The van der Waals surface area contributed by atoms with Crippen molar-refractivity contribution in [1.29, 1.82) is 0 Å². The van der Waals surface area contributed by atoms with Gasteiger partial charge < -0.3 is 19.3 Å². The van der Waals surface area contributed by atoms with Crippen molar-refractivity contribution in [3.8, 4) is 0 Å². The normalized spacial score (nSPS) is 57.3. The number of hydrogen-bond donors (Lipinski definition) is 1. The van der Waals surface area contributed by atoms with Gasteiger partial charge in [0.2, 0.25) is 0 Å². The van der Waals surface area contributed by atoms with E-state index >= 15 is 0 Å². The Kier molecular flexibility index (Phi) is 5.41. The highest BCUT2D eigenvalue weighted by Crippen LogP contribution is 2.71. The topological polar surface area (TPSA) is 82.1 Å². The van der Waals surface area contributed by atoms with Gasteiger partial charge in [0, 0.05) is 37.5 Å². The van der Waals surface area contributed by atoms with Crippen LogP contribution in [-0.2, 0) is 23.8 Å². The number of carbonyl (C=O) groups excluding carboxylic acids is 2. The molecule has 4 aliphatic carbocycles. The molecule has 0 radical (unpaired) electrons. The molecule has 2 saturated heterocycles. The van der Waals surface area contributed by atoms with Crippen molar-refractivity contribution in [2.45, 2.75) is 116 Å². The number of Topliss-reactive ketones (excluding diaryl/α,β-unsaturated/α-hetero) is 1. The number of rotatable bonds is 1. The monoisotopic (exact) mass is 488 g/mol. The van der Waals surface area contributed by atoms with E-state index in [2.05, 4.69) is 27.7 Å². The minimum atomic E-state index is -1.39. The van der Waals surface area contributed by atoms with Crippen LogP contribution in [0.5, 0.6) is 0 Å². The van der Waals surface area contributed by atoms with E-state index in [4.69, 9.17) is 14.2 Å². The molecular weight excluding hydrogens is 444 g/mol. The fourth-order valence-corrected chi connectivity index (χ4v) is 10.4. The second kappa shape index (κ2) is 7.77. The average molecular weight is 489 g/mol. The van der Waals surface area contributed by atoms with Crippen LogP contribution < -0.4 is 0 Å². The van der Waals surface area contributed by atoms with E-state index in [1.165, 1.54) is 6.92 Å². The lowest BCUT2D eigenvalue weighted by Gasteiger charge is -2.63. The largest absolute Gasteiger partial charge is 0.462 e. The lowest BCUT2D eigenvalue weighted by atomic mass is 9.42. The molecule has 6 fully saturated rings. The fraction of sp³-hybridized carbons (Fsp3) is 0.931. The molecule has 0 aromatic heterocycles. The minimum Gasteiger partial charge on any atom is -0.462 e. The Hall–Kier alpha value is -0.980. The SMILES string of the molecule is CC(=O)O[C@@H]1CC[C@]2(C)[C@@H]3CC[C@]4(C)[C@@H]5[C@H](C[C@H]4[C@@H]3CC(=O)[C@@]2(O)C1)O[C@]1(CC[C@@H](C)CO1)[C@H]5C. The van der Waals surface area contributed by atoms with E-state index < -0.39 is 16.8 Å². The predicted molar refractivity (Wildman–Crippen MR) is 129 cm³/mol. The summed E-state index contributed by atoms with van der Waals surface area (Å²) in [6.07, 6.45) is 7.30. The number of esters is 1. The van der Waals surface area contributed by atoms with Crippen molar-refractivity contribution in [1.82, 2.24) is 0 Å². The molecule has 0 aromatic rings. The number of ketones is 1. The van der Waals surface area contributed by atoms with Crippen molar-refractivity contribution in [2.75, 3.05) is 6.61 Å². The molecule has 0 amide bonds. The summed E-state index contributed by atoms with van der Waals surface area (Å²) in [7, 11) is 0. The Bertz CT molecular complexity index is 909. The van der Waals surface area contributed by atoms with Crippen LogP contribution in [0.2, 0.25) is 0 Å². The zero-order chi connectivity index (χ0) is 25.0. The number of carbonyl (C=O) groups is 2. The number of aliphatic hydroxyl groups is 1. The van der Waals surface area contributed by atoms with E-state index in [-0.39, 0.29) is 35.8 Å². The Morgan fingerprint density at radius 3 is 2.54 bits per heavy atom. The van der Waals surface area contributed by atoms with E-state index in [1.807, 2.05) is 0 Å². The van der Waals surface area contributed by atoms with E-state index in [9.17, 15) is 14.7 Å². The molecular formula is C29H44O6. The van der Waals surface area contributed by atoms with Crippen LogP contribution in [0.3, 0.4) is 0 Å². The second-order valence-corrected chi connectivity index (χ2v) is 13.8. The number of hydrogen-bond acceptors (Lipinski definition) is 6. The first kappa shape index (κ1) is 24.4. The van der Waals surface area contributed by atoms with Gasteiger partial charge in [0.1, 0.15) is 11.7 Å². The highest BCUT2D eigenvalue weighted by molar-refractivity contribution is 5.89. The standard InChI is InChI=1S/C29H44O6/c1-16-6-11-29(33-15-16)17(2)25-23(35-29)13-22-20-12-24(31)28(32)14-19(34-18(3)30)7-10-27(28,5)21(20)8-9-26(22,25)4/h16-17,19-23,25,32H,6-15H2,1-5H3/t16-,17+,19-,20-,21-,22+,23+,25+,26+,27-,28+,29-/m1/s1. The smallest absolute Gasteiger partial charge is 0.302 e. The van der Waals surface area contributed by atoms with Gasteiger partial charge in [-0.1, -0.05) is 27.7 Å². The molecule has 2 heterocycles. The molecule has 0 aromatic carbocycles. The second-order valence-electron chi connectivity index (χ2n) is 13.8. The highest BCUT2D eigenvalue weighted by Gasteiger charge is 2.72. The van der Waals surface area contributed by atoms with Crippen molar-refractivity contribution in [2.24, 2.45) is 46.3 Å². The highest BCUT2D eigenvalue weighted by atomic mass is 16.7. The van der Waals surface area contributed by atoms with E-state index in [0.717, 1.165) is 51.6 Å². The lowest BCUT2D eigenvalue weighted by Crippen LogP contribution is -2.67. The molecule has 0 unspecified atom stereocenters. The third-order valence-electron chi connectivity index (χ3n) is 12.2. The molecule has 0 bridgehead atoms. The Morgan fingerprint density at radius 2 is 1.86 bits per heavy atom. The van der Waals surface area contributed by atoms with Gasteiger partial charge >= 0.3 is 5.97 Å². The van der Waals surface area contributed by atoms with Gasteiger partial charge in [-0.05, 0) is 73.5 Å². The molecule has 4 saturated carbocycles. The van der Waals surface area contributed by atoms with Gasteiger partial charge in [0.25, 0.3) is 0 Å². The first-order valence-corrected chi connectivity index (χ1v) is 14.2. The zero-order valence-corrected chi connectivity index (χ0v) is 22.2. The molecule has 1 N–H and O–H groups in total. The number of ether oxygens (including phenoxy) is 3. The summed E-state index contributed by atoms with van der Waals surface area (Å²) >= 11 is 0.